The highest BCUT2D eigenvalue weighted by Crippen LogP contribution is 2.22. The van der Waals surface area contributed by atoms with Crippen LogP contribution in [0.2, 0.25) is 0 Å². The van der Waals surface area contributed by atoms with Gasteiger partial charge in [-0.05, 0) is 24.1 Å². The van der Waals surface area contributed by atoms with Crippen molar-refractivity contribution in [3.63, 3.8) is 0 Å². The molecule has 3 rings (SSSR count). The molecule has 1 saturated heterocycles. The molecule has 0 saturated carbocycles. The van der Waals surface area contributed by atoms with E-state index in [1.165, 1.54) is 11.1 Å². The van der Waals surface area contributed by atoms with Gasteiger partial charge in [-0.2, -0.15) is 0 Å². The van der Waals surface area contributed by atoms with Crippen LogP contribution in [0.1, 0.15) is 24.0 Å². The number of amides is 1. The Labute approximate surface area is 125 Å². The number of benzene rings is 1. The van der Waals surface area contributed by atoms with Gasteiger partial charge in [0.2, 0.25) is 5.91 Å². The number of hydrogen-bond acceptors (Lipinski definition) is 4. The molecule has 5 heteroatoms. The summed E-state index contributed by atoms with van der Waals surface area (Å²) in [7, 11) is 0. The summed E-state index contributed by atoms with van der Waals surface area (Å²) in [5, 5.41) is 16.1. The molecule has 1 aromatic rings. The molecule has 21 heavy (non-hydrogen) atoms. The summed E-state index contributed by atoms with van der Waals surface area (Å²) in [5.74, 6) is 0.0197. The standard InChI is InChI=1S/C16H23N3O2/c20-15(18-12-16(21)6-7-17-11-16)5-8-19-9-13-3-1-2-4-14(13)10-19/h1-4,17,21H,5-12H2,(H,18,20)/t16-/m1/s1. The van der Waals surface area contributed by atoms with Crippen molar-refractivity contribution >= 4 is 5.91 Å². The minimum absolute atomic E-state index is 0.0197. The molecule has 1 fully saturated rings. The number of fused-ring (bicyclic) bond motifs is 1. The lowest BCUT2D eigenvalue weighted by atomic mass is 10.0. The fraction of sp³-hybridized carbons (Fsp3) is 0.562. The molecule has 1 aromatic carbocycles. The SMILES string of the molecule is O=C(CCN1Cc2ccccc2C1)NC[C@@]1(O)CCNC1. The number of nitrogens with zero attached hydrogens (tertiary/aromatic N) is 1. The summed E-state index contributed by atoms with van der Waals surface area (Å²) in [6.45, 7) is 4.35. The monoisotopic (exact) mass is 289 g/mol. The van der Waals surface area contributed by atoms with Crippen LogP contribution in [0.5, 0.6) is 0 Å². The first-order valence-electron chi connectivity index (χ1n) is 7.64. The Balaban J connectivity index is 1.39. The second-order valence-electron chi connectivity index (χ2n) is 6.16. The van der Waals surface area contributed by atoms with Crippen molar-refractivity contribution in [2.75, 3.05) is 26.2 Å². The Morgan fingerprint density at radius 1 is 1.33 bits per heavy atom. The van der Waals surface area contributed by atoms with Gasteiger partial charge in [0.1, 0.15) is 0 Å². The van der Waals surface area contributed by atoms with Crippen LogP contribution >= 0.6 is 0 Å². The van der Waals surface area contributed by atoms with Crippen LogP contribution in [0.25, 0.3) is 0 Å². The van der Waals surface area contributed by atoms with E-state index in [1.54, 1.807) is 0 Å². The number of carbonyl (C=O) groups is 1. The van der Waals surface area contributed by atoms with Crippen LogP contribution < -0.4 is 10.6 Å². The third kappa shape index (κ3) is 3.61. The Kier molecular flexibility index (Phi) is 4.24. The van der Waals surface area contributed by atoms with Gasteiger partial charge in [-0.25, -0.2) is 0 Å². The first-order valence-corrected chi connectivity index (χ1v) is 7.64. The lowest BCUT2D eigenvalue weighted by molar-refractivity contribution is -0.122. The zero-order valence-electron chi connectivity index (χ0n) is 12.3. The maximum atomic E-state index is 11.9. The minimum atomic E-state index is -0.764. The third-order valence-corrected chi connectivity index (χ3v) is 4.40. The van der Waals surface area contributed by atoms with Gasteiger partial charge in [0.15, 0.2) is 0 Å². The number of rotatable bonds is 5. The molecule has 3 N–H and O–H groups in total. The largest absolute Gasteiger partial charge is 0.387 e. The molecule has 114 valence electrons. The minimum Gasteiger partial charge on any atom is -0.387 e. The van der Waals surface area contributed by atoms with Crippen molar-refractivity contribution in [1.82, 2.24) is 15.5 Å². The molecule has 1 amide bonds. The molecule has 2 aliphatic rings. The maximum absolute atomic E-state index is 11.9. The molecule has 0 bridgehead atoms. The van der Waals surface area contributed by atoms with Gasteiger partial charge in [0.25, 0.3) is 0 Å². The molecule has 0 aliphatic carbocycles. The van der Waals surface area contributed by atoms with E-state index in [1.807, 2.05) is 0 Å². The van der Waals surface area contributed by atoms with Crippen LogP contribution in [-0.2, 0) is 17.9 Å². The van der Waals surface area contributed by atoms with Gasteiger partial charge in [-0.15, -0.1) is 0 Å². The molecule has 5 nitrogen and oxygen atoms in total. The Bertz CT molecular complexity index is 487. The van der Waals surface area contributed by atoms with Crippen molar-refractivity contribution in [2.45, 2.75) is 31.5 Å². The van der Waals surface area contributed by atoms with E-state index in [2.05, 4.69) is 39.8 Å². The van der Waals surface area contributed by atoms with E-state index >= 15 is 0 Å². The lowest BCUT2D eigenvalue weighted by Crippen LogP contribution is -2.44. The van der Waals surface area contributed by atoms with Crippen molar-refractivity contribution < 1.29 is 9.90 Å². The normalized spacial score (nSPS) is 25.0. The molecule has 2 heterocycles. The first-order chi connectivity index (χ1) is 10.1. The predicted molar refractivity (Wildman–Crippen MR) is 80.6 cm³/mol. The molecule has 2 aliphatic heterocycles. The Morgan fingerprint density at radius 2 is 2.05 bits per heavy atom. The van der Waals surface area contributed by atoms with Crippen molar-refractivity contribution in [2.24, 2.45) is 0 Å². The van der Waals surface area contributed by atoms with Crippen molar-refractivity contribution in [1.29, 1.82) is 0 Å². The topological polar surface area (TPSA) is 64.6 Å². The van der Waals surface area contributed by atoms with Gasteiger partial charge in [-0.1, -0.05) is 24.3 Å². The van der Waals surface area contributed by atoms with Gasteiger partial charge >= 0.3 is 0 Å². The van der Waals surface area contributed by atoms with Crippen LogP contribution in [0.15, 0.2) is 24.3 Å². The molecule has 0 radical (unpaired) electrons. The summed E-state index contributed by atoms with van der Waals surface area (Å²) in [6.07, 6.45) is 1.19. The number of carbonyl (C=O) groups excluding carboxylic acids is 1. The number of β-amino-alcohol motifs (C(OH)–C–C–N with tert-alkyl or cyclic N) is 1. The van der Waals surface area contributed by atoms with Gasteiger partial charge < -0.3 is 15.7 Å². The number of aliphatic hydroxyl groups is 1. The third-order valence-electron chi connectivity index (χ3n) is 4.40. The van der Waals surface area contributed by atoms with E-state index in [9.17, 15) is 9.90 Å². The zero-order chi connectivity index (χ0) is 14.7. The summed E-state index contributed by atoms with van der Waals surface area (Å²) in [6, 6.07) is 8.42. The fourth-order valence-electron chi connectivity index (χ4n) is 3.05. The zero-order valence-corrected chi connectivity index (χ0v) is 12.3. The maximum Gasteiger partial charge on any atom is 0.221 e. The van der Waals surface area contributed by atoms with E-state index in [4.69, 9.17) is 0 Å². The molecular weight excluding hydrogens is 266 g/mol. The molecule has 0 unspecified atom stereocenters. The lowest BCUT2D eigenvalue weighted by Gasteiger charge is -2.22. The highest BCUT2D eigenvalue weighted by Gasteiger charge is 2.31. The van der Waals surface area contributed by atoms with E-state index < -0.39 is 5.60 Å². The van der Waals surface area contributed by atoms with Crippen molar-refractivity contribution in [3.05, 3.63) is 35.4 Å². The molecular formula is C16H23N3O2. The molecule has 0 aromatic heterocycles. The van der Waals surface area contributed by atoms with Gasteiger partial charge in [0, 0.05) is 39.1 Å². The summed E-state index contributed by atoms with van der Waals surface area (Å²) < 4.78 is 0. The molecule has 0 spiro atoms. The summed E-state index contributed by atoms with van der Waals surface area (Å²) >= 11 is 0. The van der Waals surface area contributed by atoms with Crippen LogP contribution in [0.4, 0.5) is 0 Å². The average Bonchev–Trinajstić information content (AvgIpc) is 3.09. The van der Waals surface area contributed by atoms with E-state index in [0.29, 0.717) is 25.9 Å². The van der Waals surface area contributed by atoms with Crippen molar-refractivity contribution in [3.8, 4) is 0 Å². The summed E-state index contributed by atoms with van der Waals surface area (Å²) in [4.78, 5) is 14.2. The highest BCUT2D eigenvalue weighted by atomic mass is 16.3. The second kappa shape index (κ2) is 6.13. The Morgan fingerprint density at radius 3 is 2.67 bits per heavy atom. The summed E-state index contributed by atoms with van der Waals surface area (Å²) in [5.41, 5.74) is 1.97. The van der Waals surface area contributed by atoms with Crippen LogP contribution in [-0.4, -0.2) is 47.7 Å². The second-order valence-corrected chi connectivity index (χ2v) is 6.16. The van der Waals surface area contributed by atoms with Gasteiger partial charge in [-0.3, -0.25) is 9.69 Å². The highest BCUT2D eigenvalue weighted by molar-refractivity contribution is 5.76. The fourth-order valence-corrected chi connectivity index (χ4v) is 3.05. The quantitative estimate of drug-likeness (QED) is 0.726. The van der Waals surface area contributed by atoms with Crippen LogP contribution in [0, 0.1) is 0 Å². The van der Waals surface area contributed by atoms with Gasteiger partial charge in [0.05, 0.1) is 5.60 Å². The molecule has 1 atom stereocenters. The van der Waals surface area contributed by atoms with E-state index in [0.717, 1.165) is 26.2 Å². The Hall–Kier alpha value is -1.43. The number of hydrogen-bond donors (Lipinski definition) is 3. The van der Waals surface area contributed by atoms with E-state index in [-0.39, 0.29) is 5.91 Å². The predicted octanol–water partition coefficient (Wildman–Crippen LogP) is 0.233. The number of nitrogens with one attached hydrogen (secondary N) is 2. The smallest absolute Gasteiger partial charge is 0.221 e. The first kappa shape index (κ1) is 14.5. The average molecular weight is 289 g/mol. The van der Waals surface area contributed by atoms with Crippen LogP contribution in [0.3, 0.4) is 0 Å².